The van der Waals surface area contributed by atoms with E-state index in [4.69, 9.17) is 18.9 Å². The predicted octanol–water partition coefficient (Wildman–Crippen LogP) is 6.71. The van der Waals surface area contributed by atoms with Crippen molar-refractivity contribution in [2.75, 3.05) is 21.3 Å². The number of hydrogen-bond donors (Lipinski definition) is 0. The molecule has 0 radical (unpaired) electrons. The minimum absolute atomic E-state index is 0.421. The lowest BCUT2D eigenvalue weighted by Crippen LogP contribution is -2.01. The Kier molecular flexibility index (Phi) is 7.67. The molecule has 0 N–H and O–H groups in total. The highest BCUT2D eigenvalue weighted by Gasteiger charge is 2.20. The first-order valence-electron chi connectivity index (χ1n) is 10.5. The Morgan fingerprint density at radius 3 is 2.18 bits per heavy atom. The van der Waals surface area contributed by atoms with Crippen molar-refractivity contribution in [1.82, 2.24) is 0 Å². The Morgan fingerprint density at radius 1 is 0.794 bits per heavy atom. The van der Waals surface area contributed by atoms with E-state index >= 15 is 0 Å². The van der Waals surface area contributed by atoms with Crippen LogP contribution in [0.1, 0.15) is 16.0 Å². The molecule has 0 saturated carbocycles. The quantitative estimate of drug-likeness (QED) is 0.182. The van der Waals surface area contributed by atoms with Gasteiger partial charge in [0.15, 0.2) is 11.5 Å². The van der Waals surface area contributed by atoms with Gasteiger partial charge in [0.25, 0.3) is 0 Å². The Hall–Kier alpha value is -3.55. The minimum Gasteiger partial charge on any atom is -0.496 e. The van der Waals surface area contributed by atoms with Crippen LogP contribution in [0.15, 0.2) is 71.4 Å². The Bertz CT molecular complexity index is 1270. The van der Waals surface area contributed by atoms with Crippen LogP contribution in [-0.2, 0) is 11.4 Å². The van der Waals surface area contributed by atoms with Crippen LogP contribution in [0.2, 0.25) is 0 Å². The summed E-state index contributed by atoms with van der Waals surface area (Å²) in [6.45, 7) is 0.421. The summed E-state index contributed by atoms with van der Waals surface area (Å²) < 4.78 is 23.0. The van der Waals surface area contributed by atoms with Gasteiger partial charge >= 0.3 is 0 Å². The van der Waals surface area contributed by atoms with E-state index in [-0.39, 0.29) is 0 Å². The molecule has 7 heteroatoms. The second-order valence-corrected chi connectivity index (χ2v) is 9.16. The van der Waals surface area contributed by atoms with Crippen LogP contribution in [-0.4, -0.2) is 27.6 Å². The molecule has 4 rings (SSSR count). The Labute approximate surface area is 206 Å². The molecule has 4 aromatic rings. The zero-order valence-electron chi connectivity index (χ0n) is 19.1. The summed E-state index contributed by atoms with van der Waals surface area (Å²) in [6, 6.07) is 17.6. The number of hydrogen-bond acceptors (Lipinski definition) is 7. The van der Waals surface area contributed by atoms with Crippen molar-refractivity contribution >= 4 is 34.5 Å². The van der Waals surface area contributed by atoms with Gasteiger partial charge < -0.3 is 18.9 Å². The van der Waals surface area contributed by atoms with Crippen LogP contribution < -0.4 is 18.9 Å². The van der Waals surface area contributed by atoms with Crippen molar-refractivity contribution in [3.63, 3.8) is 0 Å². The van der Waals surface area contributed by atoms with Gasteiger partial charge in [-0.05, 0) is 64.4 Å². The number of aldehydes is 1. The van der Waals surface area contributed by atoms with Gasteiger partial charge in [-0.3, -0.25) is 4.79 Å². The third kappa shape index (κ3) is 5.00. The van der Waals surface area contributed by atoms with Crippen molar-refractivity contribution in [3.05, 3.63) is 87.4 Å². The highest BCUT2D eigenvalue weighted by Crippen LogP contribution is 2.43. The summed E-state index contributed by atoms with van der Waals surface area (Å²) in [5, 5.41) is 4.04. The van der Waals surface area contributed by atoms with Crippen molar-refractivity contribution in [2.45, 2.75) is 6.61 Å². The van der Waals surface area contributed by atoms with E-state index < -0.39 is 0 Å². The first-order chi connectivity index (χ1) is 16.7. The van der Waals surface area contributed by atoms with Crippen LogP contribution in [0, 0.1) is 0 Å². The highest BCUT2D eigenvalue weighted by molar-refractivity contribution is 7.13. The molecule has 0 aliphatic carbocycles. The topological polar surface area (TPSA) is 54.0 Å². The van der Waals surface area contributed by atoms with E-state index in [0.29, 0.717) is 40.7 Å². The maximum Gasteiger partial charge on any atom is 0.165 e. The summed E-state index contributed by atoms with van der Waals surface area (Å²) in [6.07, 6.45) is 2.28. The van der Waals surface area contributed by atoms with E-state index in [1.807, 2.05) is 53.2 Å². The summed E-state index contributed by atoms with van der Waals surface area (Å²) >= 11 is 3.27. The second-order valence-electron chi connectivity index (χ2n) is 7.18. The molecule has 2 aromatic heterocycles. The molecule has 2 aromatic carbocycles. The van der Waals surface area contributed by atoms with Crippen molar-refractivity contribution in [3.8, 4) is 33.4 Å². The van der Waals surface area contributed by atoms with Crippen LogP contribution >= 0.6 is 22.7 Å². The first kappa shape index (κ1) is 23.6. The summed E-state index contributed by atoms with van der Waals surface area (Å²) in [5.74, 6) is 2.30. The molecule has 174 valence electrons. The zero-order chi connectivity index (χ0) is 23.9. The molecular formula is C27H24O5S2. The van der Waals surface area contributed by atoms with Crippen LogP contribution in [0.4, 0.5) is 0 Å². The maximum absolute atomic E-state index is 11.7. The van der Waals surface area contributed by atoms with Gasteiger partial charge in [0.2, 0.25) is 0 Å². The monoisotopic (exact) mass is 492 g/mol. The largest absolute Gasteiger partial charge is 0.496 e. The molecule has 0 bridgehead atoms. The summed E-state index contributed by atoms with van der Waals surface area (Å²) in [7, 11) is 4.79. The number of benzene rings is 2. The predicted molar refractivity (Wildman–Crippen MR) is 138 cm³/mol. The van der Waals surface area contributed by atoms with Crippen LogP contribution in [0.25, 0.3) is 16.0 Å². The maximum atomic E-state index is 11.7. The standard InChI is InChI=1S/C27H24O5S2/c1-29-23-9-8-18(27-7-5-13-34-27)14-21(23)20(10-11-28)22-15-25(31-3)26(16-24(22)30-2)32-17-19-6-4-12-33-19/h4-16H,17H2,1-3H3. The summed E-state index contributed by atoms with van der Waals surface area (Å²) in [4.78, 5) is 13.9. The molecule has 0 atom stereocenters. The SMILES string of the molecule is COc1cc(C(=CC=O)c2cc(-c3cccs3)ccc2OC)c(OC)cc1OCc1cccs1. The lowest BCUT2D eigenvalue weighted by Gasteiger charge is -2.19. The number of ether oxygens (including phenoxy) is 4. The molecule has 0 unspecified atom stereocenters. The normalized spacial score (nSPS) is 11.2. The van der Waals surface area contributed by atoms with E-state index in [2.05, 4.69) is 6.07 Å². The van der Waals surface area contributed by atoms with E-state index in [9.17, 15) is 4.79 Å². The molecule has 5 nitrogen and oxygen atoms in total. The molecule has 0 amide bonds. The van der Waals surface area contributed by atoms with E-state index in [1.54, 1.807) is 50.1 Å². The first-order valence-corrected chi connectivity index (χ1v) is 12.2. The van der Waals surface area contributed by atoms with E-state index in [1.165, 1.54) is 6.08 Å². The third-order valence-corrected chi connectivity index (χ3v) is 7.02. The molecule has 2 heterocycles. The highest BCUT2D eigenvalue weighted by atomic mass is 32.1. The van der Waals surface area contributed by atoms with Crippen LogP contribution in [0.3, 0.4) is 0 Å². The number of methoxy groups -OCH3 is 3. The summed E-state index contributed by atoms with van der Waals surface area (Å²) in [5.41, 5.74) is 3.15. The van der Waals surface area contributed by atoms with Crippen LogP contribution in [0.5, 0.6) is 23.0 Å². The van der Waals surface area contributed by atoms with Gasteiger partial charge in [0, 0.05) is 26.9 Å². The number of carbonyl (C=O) groups excluding carboxylic acids is 1. The fraction of sp³-hybridized carbons (Fsp3) is 0.148. The van der Waals surface area contributed by atoms with E-state index in [0.717, 1.165) is 27.2 Å². The van der Waals surface area contributed by atoms with Gasteiger partial charge in [-0.1, -0.05) is 12.1 Å². The lowest BCUT2D eigenvalue weighted by molar-refractivity contribution is -0.104. The number of carbonyl (C=O) groups is 1. The zero-order valence-corrected chi connectivity index (χ0v) is 20.7. The third-order valence-electron chi connectivity index (χ3n) is 5.26. The fourth-order valence-electron chi connectivity index (χ4n) is 3.64. The van der Waals surface area contributed by atoms with Gasteiger partial charge in [-0.2, -0.15) is 0 Å². The molecule has 0 fully saturated rings. The molecule has 0 spiro atoms. The number of allylic oxidation sites excluding steroid dienone is 1. The Balaban J connectivity index is 1.81. The van der Waals surface area contributed by atoms with Gasteiger partial charge in [-0.15, -0.1) is 22.7 Å². The average Bonchev–Trinajstić information content (AvgIpc) is 3.60. The smallest absolute Gasteiger partial charge is 0.165 e. The Morgan fingerprint density at radius 2 is 1.53 bits per heavy atom. The molecule has 0 aliphatic rings. The van der Waals surface area contributed by atoms with Gasteiger partial charge in [0.05, 0.1) is 21.3 Å². The van der Waals surface area contributed by atoms with Crippen molar-refractivity contribution in [1.29, 1.82) is 0 Å². The minimum atomic E-state index is 0.421. The number of thiophene rings is 2. The molecule has 0 saturated heterocycles. The fourth-order valence-corrected chi connectivity index (χ4v) is 4.98. The van der Waals surface area contributed by atoms with Crippen molar-refractivity contribution < 1.29 is 23.7 Å². The molecule has 0 aliphatic heterocycles. The van der Waals surface area contributed by atoms with Gasteiger partial charge in [-0.25, -0.2) is 0 Å². The second kappa shape index (κ2) is 11.0. The van der Waals surface area contributed by atoms with Crippen molar-refractivity contribution in [2.24, 2.45) is 0 Å². The molecular weight excluding hydrogens is 468 g/mol. The molecule has 34 heavy (non-hydrogen) atoms. The number of rotatable bonds is 10. The van der Waals surface area contributed by atoms with Gasteiger partial charge in [0.1, 0.15) is 24.4 Å². The lowest BCUT2D eigenvalue weighted by atomic mass is 9.93. The average molecular weight is 493 g/mol.